The Bertz CT molecular complexity index is 939. The molecule has 0 aliphatic rings. The van der Waals surface area contributed by atoms with Gasteiger partial charge in [0.15, 0.2) is 11.9 Å². The van der Waals surface area contributed by atoms with Gasteiger partial charge >= 0.3 is 5.97 Å². The Labute approximate surface area is 170 Å². The molecule has 2 heterocycles. The zero-order valence-corrected chi connectivity index (χ0v) is 17.1. The summed E-state index contributed by atoms with van der Waals surface area (Å²) in [6.07, 6.45) is -0.495. The summed E-state index contributed by atoms with van der Waals surface area (Å²) in [5.41, 5.74) is 3.07. The number of carbonyl (C=O) groups is 1. The van der Waals surface area contributed by atoms with Gasteiger partial charge in [0.2, 0.25) is 0 Å². The third kappa shape index (κ3) is 5.29. The topological polar surface area (TPSA) is 73.8 Å². The summed E-state index contributed by atoms with van der Waals surface area (Å²) < 4.78 is 19.1. The molecule has 0 saturated carbocycles. The van der Waals surface area contributed by atoms with Gasteiger partial charge in [-0.2, -0.15) is 0 Å². The largest absolute Gasteiger partial charge is 0.492 e. The Kier molecular flexibility index (Phi) is 6.77. The molecule has 1 aromatic carbocycles. The van der Waals surface area contributed by atoms with Crippen molar-refractivity contribution in [1.82, 2.24) is 4.57 Å². The van der Waals surface area contributed by atoms with Crippen LogP contribution in [-0.2, 0) is 22.5 Å². The average molecular weight is 397 g/mol. The number of hydrogen-bond acceptors (Lipinski definition) is 4. The van der Waals surface area contributed by atoms with Crippen LogP contribution in [0.15, 0.2) is 52.9 Å². The predicted molar refractivity (Wildman–Crippen MR) is 110 cm³/mol. The van der Waals surface area contributed by atoms with E-state index in [4.69, 9.17) is 13.9 Å². The maximum absolute atomic E-state index is 11.2. The molecule has 3 rings (SSSR count). The minimum absolute atomic E-state index is 0.331. The van der Waals surface area contributed by atoms with Crippen molar-refractivity contribution in [3.05, 3.63) is 65.5 Å². The molecule has 2 aromatic heterocycles. The Hall–Kier alpha value is -2.99. The number of aliphatic carboxylic acids is 1. The van der Waals surface area contributed by atoms with Crippen molar-refractivity contribution in [2.45, 2.75) is 39.8 Å². The van der Waals surface area contributed by atoms with Crippen LogP contribution in [0.4, 0.5) is 0 Å². The summed E-state index contributed by atoms with van der Waals surface area (Å²) in [5, 5.41) is 9.20. The van der Waals surface area contributed by atoms with Crippen LogP contribution in [0, 0.1) is 13.8 Å². The van der Waals surface area contributed by atoms with Gasteiger partial charge in [-0.1, -0.05) is 12.1 Å². The van der Waals surface area contributed by atoms with Crippen LogP contribution in [0.5, 0.6) is 5.75 Å². The lowest BCUT2D eigenvalue weighted by Gasteiger charge is -2.14. The molecule has 29 heavy (non-hydrogen) atoms. The fraction of sp³-hybridized carbons (Fsp3) is 0.348. The number of carboxylic acid groups (broad SMARTS) is 1. The molecule has 0 aliphatic carbocycles. The molecule has 1 N–H and O–H groups in total. The third-order valence-electron chi connectivity index (χ3n) is 4.76. The van der Waals surface area contributed by atoms with Crippen LogP contribution in [0.25, 0.3) is 11.5 Å². The number of aromatic nitrogens is 1. The van der Waals surface area contributed by atoms with E-state index in [1.807, 2.05) is 43.3 Å². The van der Waals surface area contributed by atoms with E-state index < -0.39 is 12.1 Å². The Morgan fingerprint density at radius 3 is 2.48 bits per heavy atom. The van der Waals surface area contributed by atoms with E-state index in [0.29, 0.717) is 26.2 Å². The van der Waals surface area contributed by atoms with E-state index in [2.05, 4.69) is 23.6 Å². The van der Waals surface area contributed by atoms with Gasteiger partial charge in [-0.15, -0.1) is 0 Å². The highest BCUT2D eigenvalue weighted by Crippen LogP contribution is 2.24. The van der Waals surface area contributed by atoms with Crippen molar-refractivity contribution in [2.75, 3.05) is 13.2 Å². The molecule has 0 fully saturated rings. The van der Waals surface area contributed by atoms with Gasteiger partial charge in [0.1, 0.15) is 18.1 Å². The molecule has 1 unspecified atom stereocenters. The summed E-state index contributed by atoms with van der Waals surface area (Å²) in [6, 6.07) is 15.5. The number of aryl methyl sites for hydroxylation is 2. The molecule has 6 nitrogen and oxygen atoms in total. The summed E-state index contributed by atoms with van der Waals surface area (Å²) in [4.78, 5) is 11.2. The van der Waals surface area contributed by atoms with E-state index >= 15 is 0 Å². The zero-order chi connectivity index (χ0) is 20.8. The molecule has 3 aromatic rings. The first-order valence-corrected chi connectivity index (χ1v) is 9.77. The van der Waals surface area contributed by atoms with Crippen molar-refractivity contribution in [1.29, 1.82) is 0 Å². The highest BCUT2D eigenvalue weighted by molar-refractivity contribution is 5.72. The van der Waals surface area contributed by atoms with E-state index in [9.17, 15) is 9.90 Å². The molecule has 6 heteroatoms. The molecular formula is C23H27NO5. The highest BCUT2D eigenvalue weighted by atomic mass is 16.5. The van der Waals surface area contributed by atoms with Gasteiger partial charge in [0.25, 0.3) is 0 Å². The Morgan fingerprint density at radius 2 is 1.86 bits per heavy atom. The van der Waals surface area contributed by atoms with Gasteiger partial charge < -0.3 is 23.6 Å². The highest BCUT2D eigenvalue weighted by Gasteiger charge is 2.17. The fourth-order valence-corrected chi connectivity index (χ4v) is 3.26. The van der Waals surface area contributed by atoms with Gasteiger partial charge in [0.05, 0.1) is 12.2 Å². The first-order valence-electron chi connectivity index (χ1n) is 9.77. The molecule has 0 spiro atoms. The van der Waals surface area contributed by atoms with Crippen molar-refractivity contribution in [3.8, 4) is 17.2 Å². The van der Waals surface area contributed by atoms with Crippen LogP contribution in [0.2, 0.25) is 0 Å². The number of benzene rings is 1. The van der Waals surface area contributed by atoms with Crippen molar-refractivity contribution >= 4 is 5.97 Å². The van der Waals surface area contributed by atoms with Crippen LogP contribution in [0.3, 0.4) is 0 Å². The van der Waals surface area contributed by atoms with Gasteiger partial charge in [-0.25, -0.2) is 4.79 Å². The van der Waals surface area contributed by atoms with Crippen LogP contribution in [-0.4, -0.2) is 35.0 Å². The third-order valence-corrected chi connectivity index (χ3v) is 4.76. The molecule has 0 bridgehead atoms. The number of carboxylic acids is 1. The van der Waals surface area contributed by atoms with Gasteiger partial charge in [0, 0.05) is 18.7 Å². The zero-order valence-electron chi connectivity index (χ0n) is 17.1. The second kappa shape index (κ2) is 9.47. The van der Waals surface area contributed by atoms with Gasteiger partial charge in [-0.05, 0) is 62.7 Å². The molecule has 0 aliphatic heterocycles. The summed E-state index contributed by atoms with van der Waals surface area (Å²) in [6.45, 7) is 7.36. The summed E-state index contributed by atoms with van der Waals surface area (Å²) in [5.74, 6) is 1.53. The Balaban J connectivity index is 1.58. The van der Waals surface area contributed by atoms with E-state index in [-0.39, 0.29) is 0 Å². The average Bonchev–Trinajstić information content (AvgIpc) is 3.28. The maximum Gasteiger partial charge on any atom is 0.333 e. The summed E-state index contributed by atoms with van der Waals surface area (Å²) >= 11 is 0. The van der Waals surface area contributed by atoms with Gasteiger partial charge in [-0.3, -0.25) is 0 Å². The SMILES string of the molecule is CCOC(Cc1ccc(OCCn2c(C)ccc2-c2ccc(C)o2)cc1)C(=O)O. The quantitative estimate of drug-likeness (QED) is 0.546. The Morgan fingerprint density at radius 1 is 1.10 bits per heavy atom. The van der Waals surface area contributed by atoms with Crippen molar-refractivity contribution < 1.29 is 23.8 Å². The number of nitrogens with zero attached hydrogens (tertiary/aromatic N) is 1. The lowest BCUT2D eigenvalue weighted by Crippen LogP contribution is -2.26. The first kappa shape index (κ1) is 20.7. The molecule has 0 saturated heterocycles. The molecule has 0 radical (unpaired) electrons. The molecular weight excluding hydrogens is 370 g/mol. The monoisotopic (exact) mass is 397 g/mol. The molecule has 0 amide bonds. The predicted octanol–water partition coefficient (Wildman–Crippen LogP) is 4.48. The van der Waals surface area contributed by atoms with Crippen LogP contribution >= 0.6 is 0 Å². The smallest absolute Gasteiger partial charge is 0.333 e. The fourth-order valence-electron chi connectivity index (χ4n) is 3.26. The molecule has 154 valence electrons. The number of furan rings is 1. The van der Waals surface area contributed by atoms with Crippen LogP contribution < -0.4 is 4.74 Å². The van der Waals surface area contributed by atoms with E-state index in [0.717, 1.165) is 34.2 Å². The second-order valence-electron chi connectivity index (χ2n) is 6.90. The van der Waals surface area contributed by atoms with E-state index in [1.165, 1.54) is 0 Å². The maximum atomic E-state index is 11.2. The normalized spacial score (nSPS) is 12.1. The van der Waals surface area contributed by atoms with Crippen LogP contribution in [0.1, 0.15) is 23.9 Å². The standard InChI is InChI=1S/C23H27NO5/c1-4-27-22(23(25)26)15-18-7-9-19(10-8-18)28-14-13-24-16(2)5-11-20(24)21-12-6-17(3)29-21/h5-12,22H,4,13-15H2,1-3H3,(H,25,26). The lowest BCUT2D eigenvalue weighted by molar-refractivity contribution is -0.149. The molecule has 1 atom stereocenters. The summed E-state index contributed by atoms with van der Waals surface area (Å²) in [7, 11) is 0. The first-order chi connectivity index (χ1) is 14.0. The second-order valence-corrected chi connectivity index (χ2v) is 6.90. The van der Waals surface area contributed by atoms with E-state index in [1.54, 1.807) is 6.92 Å². The minimum Gasteiger partial charge on any atom is -0.492 e. The number of hydrogen-bond donors (Lipinski definition) is 1. The van der Waals surface area contributed by atoms with Crippen molar-refractivity contribution in [3.63, 3.8) is 0 Å². The number of ether oxygens (including phenoxy) is 2. The minimum atomic E-state index is -0.947. The lowest BCUT2D eigenvalue weighted by atomic mass is 10.1. The number of rotatable bonds is 10. The van der Waals surface area contributed by atoms with Crippen molar-refractivity contribution in [2.24, 2.45) is 0 Å².